The third-order valence-corrected chi connectivity index (χ3v) is 2.41. The van der Waals surface area contributed by atoms with E-state index in [9.17, 15) is 9.59 Å². The Balaban J connectivity index is 4.33. The van der Waals surface area contributed by atoms with Crippen LogP contribution in [-0.4, -0.2) is 36.9 Å². The molecule has 0 spiro atoms. The van der Waals surface area contributed by atoms with Crippen LogP contribution in [0.25, 0.3) is 0 Å². The van der Waals surface area contributed by atoms with E-state index in [1.165, 1.54) is 0 Å². The highest BCUT2D eigenvalue weighted by atomic mass is 35.5. The molecule has 0 aliphatic carbocycles. The molecule has 2 N–H and O–H groups in total. The van der Waals surface area contributed by atoms with E-state index in [0.29, 0.717) is 6.42 Å². The standard InChI is InChI=1S/C10H19ClN2O4/c1-4-7(11)8(12-9(14)16-5-2)13-10(15)17-6-3/h7-8H,4-6H2,1-3H3,(H,12,14)(H,13,15)/t7-/m1/s1. The molecule has 0 aromatic carbocycles. The third kappa shape index (κ3) is 6.88. The number of alkyl halides is 1. The molecule has 0 rings (SSSR count). The van der Waals surface area contributed by atoms with Gasteiger partial charge in [0.15, 0.2) is 0 Å². The smallest absolute Gasteiger partial charge is 0.408 e. The van der Waals surface area contributed by atoms with Crippen molar-refractivity contribution in [2.45, 2.75) is 38.7 Å². The Kier molecular flexibility index (Phi) is 8.31. The quantitative estimate of drug-likeness (QED) is 0.568. The predicted molar refractivity (Wildman–Crippen MR) is 64.0 cm³/mol. The van der Waals surface area contributed by atoms with Gasteiger partial charge in [-0.1, -0.05) is 6.92 Å². The first-order valence-electron chi connectivity index (χ1n) is 5.55. The minimum absolute atomic E-state index is 0.247. The lowest BCUT2D eigenvalue weighted by atomic mass is 10.2. The Morgan fingerprint density at radius 3 is 1.76 bits per heavy atom. The van der Waals surface area contributed by atoms with Crippen molar-refractivity contribution in [3.8, 4) is 0 Å². The van der Waals surface area contributed by atoms with Crippen molar-refractivity contribution in [1.82, 2.24) is 10.6 Å². The monoisotopic (exact) mass is 266 g/mol. The van der Waals surface area contributed by atoms with E-state index < -0.39 is 23.7 Å². The van der Waals surface area contributed by atoms with Crippen LogP contribution in [0.1, 0.15) is 27.2 Å². The third-order valence-electron chi connectivity index (χ3n) is 1.85. The van der Waals surface area contributed by atoms with Crippen LogP contribution in [0, 0.1) is 0 Å². The Hall–Kier alpha value is -1.17. The Labute approximate surface area is 106 Å². The number of halogens is 1. The summed E-state index contributed by atoms with van der Waals surface area (Å²) >= 11 is 5.98. The fourth-order valence-electron chi connectivity index (χ4n) is 1.05. The van der Waals surface area contributed by atoms with Gasteiger partial charge in [-0.3, -0.25) is 10.6 Å². The maximum absolute atomic E-state index is 11.2. The summed E-state index contributed by atoms with van der Waals surface area (Å²) in [6, 6.07) is 0. The summed E-state index contributed by atoms with van der Waals surface area (Å²) in [7, 11) is 0. The summed E-state index contributed by atoms with van der Waals surface area (Å²) in [5, 5.41) is 4.46. The zero-order valence-corrected chi connectivity index (χ0v) is 11.0. The van der Waals surface area contributed by atoms with Crippen molar-refractivity contribution in [2.24, 2.45) is 0 Å². The van der Waals surface area contributed by atoms with Crippen LogP contribution in [-0.2, 0) is 9.47 Å². The van der Waals surface area contributed by atoms with Gasteiger partial charge in [-0.2, -0.15) is 0 Å². The molecule has 0 bridgehead atoms. The molecular formula is C10H19ClN2O4. The first kappa shape index (κ1) is 15.8. The highest BCUT2D eigenvalue weighted by Gasteiger charge is 2.22. The molecule has 1 atom stereocenters. The molecule has 2 amide bonds. The lowest BCUT2D eigenvalue weighted by Gasteiger charge is -2.22. The molecule has 0 aromatic rings. The molecule has 6 nitrogen and oxygen atoms in total. The van der Waals surface area contributed by atoms with E-state index in [1.807, 2.05) is 6.92 Å². The number of amides is 2. The second-order valence-corrected chi connectivity index (χ2v) is 3.69. The Morgan fingerprint density at radius 1 is 1.06 bits per heavy atom. The molecule has 0 aromatic heterocycles. The van der Waals surface area contributed by atoms with Gasteiger partial charge in [0.2, 0.25) is 0 Å². The molecule has 0 unspecified atom stereocenters. The van der Waals surface area contributed by atoms with Crippen LogP contribution in [0.2, 0.25) is 0 Å². The zero-order valence-electron chi connectivity index (χ0n) is 10.3. The summed E-state index contributed by atoms with van der Waals surface area (Å²) in [6.07, 6.45) is -1.41. The van der Waals surface area contributed by atoms with E-state index in [0.717, 1.165) is 0 Å². The Bertz CT molecular complexity index is 230. The molecular weight excluding hydrogens is 248 g/mol. The largest absolute Gasteiger partial charge is 0.450 e. The highest BCUT2D eigenvalue weighted by Crippen LogP contribution is 2.06. The normalized spacial score (nSPS) is 11.8. The van der Waals surface area contributed by atoms with Crippen molar-refractivity contribution in [3.05, 3.63) is 0 Å². The van der Waals surface area contributed by atoms with E-state index in [-0.39, 0.29) is 13.2 Å². The molecule has 0 fully saturated rings. The number of hydrogen-bond donors (Lipinski definition) is 2. The van der Waals surface area contributed by atoms with Crippen molar-refractivity contribution in [1.29, 1.82) is 0 Å². The van der Waals surface area contributed by atoms with Crippen molar-refractivity contribution in [2.75, 3.05) is 13.2 Å². The number of hydrogen-bond acceptors (Lipinski definition) is 4. The van der Waals surface area contributed by atoms with E-state index in [4.69, 9.17) is 21.1 Å². The van der Waals surface area contributed by atoms with Crippen LogP contribution in [0.15, 0.2) is 0 Å². The summed E-state index contributed by atoms with van der Waals surface area (Å²) in [6.45, 7) is 5.70. The number of carbonyl (C=O) groups is 2. The molecule has 0 heterocycles. The number of alkyl carbamates (subject to hydrolysis) is 2. The van der Waals surface area contributed by atoms with Gasteiger partial charge in [0.25, 0.3) is 0 Å². The van der Waals surface area contributed by atoms with Crippen LogP contribution in [0.3, 0.4) is 0 Å². The van der Waals surface area contributed by atoms with Gasteiger partial charge in [0.1, 0.15) is 6.17 Å². The maximum Gasteiger partial charge on any atom is 0.408 e. The van der Waals surface area contributed by atoms with Gasteiger partial charge in [0, 0.05) is 0 Å². The highest BCUT2D eigenvalue weighted by molar-refractivity contribution is 6.21. The second kappa shape index (κ2) is 8.92. The van der Waals surface area contributed by atoms with Gasteiger partial charge in [-0.15, -0.1) is 11.6 Å². The van der Waals surface area contributed by atoms with Gasteiger partial charge in [0.05, 0.1) is 18.6 Å². The topological polar surface area (TPSA) is 76.7 Å². The fourth-order valence-corrected chi connectivity index (χ4v) is 1.18. The van der Waals surface area contributed by atoms with E-state index in [2.05, 4.69) is 10.6 Å². The first-order valence-corrected chi connectivity index (χ1v) is 5.99. The van der Waals surface area contributed by atoms with Gasteiger partial charge < -0.3 is 9.47 Å². The lowest BCUT2D eigenvalue weighted by molar-refractivity contribution is 0.134. The average molecular weight is 267 g/mol. The molecule has 7 heteroatoms. The zero-order chi connectivity index (χ0) is 13.3. The molecule has 0 aliphatic heterocycles. The predicted octanol–water partition coefficient (Wildman–Crippen LogP) is 1.82. The van der Waals surface area contributed by atoms with Crippen LogP contribution in [0.4, 0.5) is 9.59 Å². The average Bonchev–Trinajstić information content (AvgIpc) is 2.27. The molecule has 0 aliphatic rings. The molecule has 0 saturated carbocycles. The lowest BCUT2D eigenvalue weighted by Crippen LogP contribution is -2.53. The summed E-state index contributed by atoms with van der Waals surface area (Å²) in [4.78, 5) is 22.5. The summed E-state index contributed by atoms with van der Waals surface area (Å²) < 4.78 is 9.42. The molecule has 100 valence electrons. The van der Waals surface area contributed by atoms with Crippen LogP contribution >= 0.6 is 11.6 Å². The van der Waals surface area contributed by atoms with E-state index >= 15 is 0 Å². The number of ether oxygens (including phenoxy) is 2. The van der Waals surface area contributed by atoms with Crippen molar-refractivity contribution < 1.29 is 19.1 Å². The van der Waals surface area contributed by atoms with Crippen molar-refractivity contribution in [3.63, 3.8) is 0 Å². The SMILES string of the molecule is CCOC(=O)NC(NC(=O)OCC)[C@H](Cl)CC. The van der Waals surface area contributed by atoms with Crippen molar-refractivity contribution >= 4 is 23.8 Å². The van der Waals surface area contributed by atoms with E-state index in [1.54, 1.807) is 13.8 Å². The van der Waals surface area contributed by atoms with Crippen LogP contribution < -0.4 is 10.6 Å². The number of carbonyl (C=O) groups excluding carboxylic acids is 2. The first-order chi connectivity index (χ1) is 8.04. The van der Waals surface area contributed by atoms with Gasteiger partial charge in [-0.25, -0.2) is 9.59 Å². The summed E-state index contributed by atoms with van der Waals surface area (Å²) in [5.41, 5.74) is 0. The molecule has 17 heavy (non-hydrogen) atoms. The van der Waals surface area contributed by atoms with Gasteiger partial charge >= 0.3 is 12.2 Å². The summed E-state index contributed by atoms with van der Waals surface area (Å²) in [5.74, 6) is 0. The minimum atomic E-state index is -0.722. The Morgan fingerprint density at radius 2 is 1.47 bits per heavy atom. The van der Waals surface area contributed by atoms with Gasteiger partial charge in [-0.05, 0) is 20.3 Å². The molecule has 0 radical (unpaired) electrons. The second-order valence-electron chi connectivity index (χ2n) is 3.13. The van der Waals surface area contributed by atoms with Crippen LogP contribution in [0.5, 0.6) is 0 Å². The minimum Gasteiger partial charge on any atom is -0.450 e. The maximum atomic E-state index is 11.2. The fraction of sp³-hybridized carbons (Fsp3) is 0.800. The number of rotatable bonds is 6. The number of nitrogens with one attached hydrogen (secondary N) is 2. The molecule has 0 saturated heterocycles.